The SMILES string of the molecule is O=C(O)O.O=C(O)O.O=C(O)O.O=C(O)O.[Ca+2].[Ca+2].[Ca+2].[Ca+2].[Ca+2].[Ca+2].[Ca+2].[Ca+2].[Ca+2].[Ca+2].[Ca+2].[Ca+2].[Ca+2].[Ca+2].[Ca+2].[H-].[H-].[H-].[H-].[H-].[H-].[H-].[H-].[H-].[H-].[H-].[H-].[H-].[H-].[H-].[H-].[H-].[H-].[H-].[H-].[H-].[H-].[H-].[H-].[H-].[H-].[H-].[H-].[H-].[H-]. The summed E-state index contributed by atoms with van der Waals surface area (Å²) in [6.07, 6.45) is -7.33. The van der Waals surface area contributed by atoms with Gasteiger partial charge in [0.1, 0.15) is 0 Å². The third-order valence-corrected chi connectivity index (χ3v) is 0. The molecule has 0 rings (SSSR count). The Morgan fingerprint density at radius 3 is 0.258 bits per heavy atom. The van der Waals surface area contributed by atoms with Gasteiger partial charge in [0.2, 0.25) is 0 Å². The van der Waals surface area contributed by atoms with E-state index in [9.17, 15) is 0 Å². The minimum absolute atomic E-state index is 0. The van der Waals surface area contributed by atoms with Crippen LogP contribution in [0.3, 0.4) is 0 Å². The first-order valence-electron chi connectivity index (χ1n) is 2.61. The van der Waals surface area contributed by atoms with Crippen molar-refractivity contribution in [3.8, 4) is 0 Å². The first-order valence-corrected chi connectivity index (χ1v) is 2.61. The van der Waals surface area contributed by atoms with Crippen LogP contribution in [0.2, 0.25) is 0 Å². The molecular formula is C4H38Ca15O12. The predicted octanol–water partition coefficient (Wildman–Crippen LogP) is -1.45. The second kappa shape index (κ2) is 119. The van der Waals surface area contributed by atoms with Crippen LogP contribution < -0.4 is 0 Å². The molecule has 27 heteroatoms. The van der Waals surface area contributed by atoms with E-state index in [1.165, 1.54) is 0 Å². The number of rotatable bonds is 0. The molecule has 0 bridgehead atoms. The molecule has 156 valence electrons. The van der Waals surface area contributed by atoms with Gasteiger partial charge < -0.3 is 83.7 Å². The summed E-state index contributed by atoms with van der Waals surface area (Å²) in [6.45, 7) is 0. The van der Waals surface area contributed by atoms with E-state index in [1.54, 1.807) is 0 Å². The van der Waals surface area contributed by atoms with Crippen molar-refractivity contribution in [1.29, 1.82) is 0 Å². The molecule has 0 saturated heterocycles. The first kappa shape index (κ1) is 127. The molecule has 0 aromatic carbocycles. The average Bonchev–Trinajstić information content (AvgIpc) is 1.76. The minimum Gasteiger partial charge on any atom is -1.00 e. The molecule has 8 N–H and O–H groups in total. The summed E-state index contributed by atoms with van der Waals surface area (Å²) >= 11 is 0. The topological polar surface area (TPSA) is 230 Å². The zero-order valence-corrected chi connectivity index (χ0v) is 50.9. The van der Waals surface area contributed by atoms with Gasteiger partial charge in [-0.25, -0.2) is 19.2 Å². The van der Waals surface area contributed by atoms with Crippen LogP contribution in [0.4, 0.5) is 19.2 Å². The molecule has 31 heavy (non-hydrogen) atoms. The van der Waals surface area contributed by atoms with Crippen LogP contribution in [0, 0.1) is 0 Å². The van der Waals surface area contributed by atoms with E-state index in [4.69, 9.17) is 60.0 Å². The van der Waals surface area contributed by atoms with E-state index in [-0.39, 0.29) is 609 Å². The fraction of sp³-hybridized carbons (Fsp3) is 0. The van der Waals surface area contributed by atoms with Crippen molar-refractivity contribution >= 4 is 591 Å². The average molecular weight is 880 g/mol. The van der Waals surface area contributed by atoms with Crippen LogP contribution in [0.1, 0.15) is 42.8 Å². The molecule has 0 fully saturated rings. The van der Waals surface area contributed by atoms with Crippen LogP contribution in [-0.2, 0) is 0 Å². The normalized spacial score (nSPS) is 3.10. The number of carboxylic acid groups (broad SMARTS) is 8. The van der Waals surface area contributed by atoms with E-state index >= 15 is 0 Å². The quantitative estimate of drug-likeness (QED) is 0.131. The van der Waals surface area contributed by atoms with Crippen LogP contribution in [0.25, 0.3) is 0 Å². The Balaban J connectivity index is -0.000000000538. The van der Waals surface area contributed by atoms with Crippen molar-refractivity contribution in [3.05, 3.63) is 0 Å². The largest absolute Gasteiger partial charge is 2.00 e. The number of hydrogen-bond acceptors (Lipinski definition) is 4. The maximum atomic E-state index is 8.56. The molecule has 0 spiro atoms. The molecule has 0 aliphatic heterocycles. The Morgan fingerprint density at radius 2 is 0.258 bits per heavy atom. The van der Waals surface area contributed by atoms with Gasteiger partial charge in [0.25, 0.3) is 0 Å². The Hall–Kier alpha value is 16.0. The predicted molar refractivity (Wildman–Crippen MR) is 162 cm³/mol. The van der Waals surface area contributed by atoms with Gasteiger partial charge in [0.15, 0.2) is 0 Å². The molecule has 0 aliphatic carbocycles. The number of carbonyl (C=O) groups is 4. The molecule has 0 aliphatic rings. The van der Waals surface area contributed by atoms with E-state index in [2.05, 4.69) is 0 Å². The summed E-state index contributed by atoms with van der Waals surface area (Å²) in [5.41, 5.74) is 0. The Kier molecular flexibility index (Phi) is 486. The van der Waals surface area contributed by atoms with Gasteiger partial charge in [-0.3, -0.25) is 0 Å². The summed E-state index contributed by atoms with van der Waals surface area (Å²) < 4.78 is 0. The van der Waals surface area contributed by atoms with E-state index < -0.39 is 24.6 Å². The van der Waals surface area contributed by atoms with Gasteiger partial charge in [0.05, 0.1) is 0 Å². The summed E-state index contributed by atoms with van der Waals surface area (Å²) in [6, 6.07) is 0. The molecule has 0 aromatic heterocycles. The second-order valence-electron chi connectivity index (χ2n) is 1.13. The van der Waals surface area contributed by atoms with Gasteiger partial charge in [-0.15, -0.1) is 0 Å². The molecule has 0 saturated carbocycles. The Bertz CT molecular complexity index is 245. The van der Waals surface area contributed by atoms with Crippen molar-refractivity contribution in [3.63, 3.8) is 0 Å². The van der Waals surface area contributed by atoms with Crippen molar-refractivity contribution in [1.82, 2.24) is 0 Å². The van der Waals surface area contributed by atoms with Gasteiger partial charge in [-0.2, -0.15) is 0 Å². The van der Waals surface area contributed by atoms with Gasteiger partial charge in [0, 0.05) is 0 Å². The standard InChI is InChI=1S/4CH2O3.15Ca.30H/c4*2-1(3)4;;;;;;;;;;;;;;;;;;;;;;;;;;;;;;;;;;;;;;;;;;;;;/h4*(H2,2,3,4);;;;;;;;;;;;;;;;;;;;;;;;;;;;;;;;;;;;;;;;;;;;;/q;;;;15*+2;30*-1. The summed E-state index contributed by atoms with van der Waals surface area (Å²) in [4.78, 5) is 34.2. The smallest absolute Gasteiger partial charge is 1.00 e. The van der Waals surface area contributed by atoms with E-state index in [0.29, 0.717) is 0 Å². The first-order chi connectivity index (χ1) is 6.93. The van der Waals surface area contributed by atoms with Gasteiger partial charge in [-0.05, 0) is 0 Å². The molecule has 0 atom stereocenters. The maximum Gasteiger partial charge on any atom is 2.00 e. The third kappa shape index (κ3) is 348. The molecular weight excluding hydrogens is 841 g/mol. The van der Waals surface area contributed by atoms with Crippen molar-refractivity contribution < 1.29 is 103 Å². The van der Waals surface area contributed by atoms with Crippen LogP contribution in [-0.4, -0.2) is 632 Å². The zero-order valence-electron chi connectivity index (χ0n) is 47.8. The monoisotopic (exact) mass is 878 g/mol. The maximum absolute atomic E-state index is 8.56. The van der Waals surface area contributed by atoms with Gasteiger partial charge in [-0.1, -0.05) is 0 Å². The molecule has 0 aromatic rings. The summed E-state index contributed by atoms with van der Waals surface area (Å²) in [5.74, 6) is 0. The molecule has 0 radical (unpaired) electrons. The molecule has 0 unspecified atom stereocenters. The Labute approximate surface area is 672 Å². The molecule has 12 nitrogen and oxygen atoms in total. The fourth-order valence-corrected chi connectivity index (χ4v) is 0. The molecule has 0 heterocycles. The van der Waals surface area contributed by atoms with Crippen molar-refractivity contribution in [2.75, 3.05) is 0 Å². The van der Waals surface area contributed by atoms with Crippen LogP contribution in [0.15, 0.2) is 0 Å². The van der Waals surface area contributed by atoms with Gasteiger partial charge >= 0.3 is 591 Å². The van der Waals surface area contributed by atoms with Crippen molar-refractivity contribution in [2.24, 2.45) is 0 Å². The van der Waals surface area contributed by atoms with E-state index in [0.717, 1.165) is 0 Å². The number of hydrogen-bond donors (Lipinski definition) is 8. The fourth-order valence-electron chi connectivity index (χ4n) is 0. The van der Waals surface area contributed by atoms with Crippen molar-refractivity contribution in [2.45, 2.75) is 0 Å². The minimum atomic E-state index is -1.83. The summed E-state index contributed by atoms with van der Waals surface area (Å²) in [7, 11) is 0. The third-order valence-electron chi connectivity index (χ3n) is 0. The van der Waals surface area contributed by atoms with Crippen LogP contribution >= 0.6 is 0 Å². The van der Waals surface area contributed by atoms with Crippen LogP contribution in [0.5, 0.6) is 0 Å². The zero-order chi connectivity index (χ0) is 14.3. The Morgan fingerprint density at radius 1 is 0.258 bits per heavy atom. The molecule has 0 amide bonds. The van der Waals surface area contributed by atoms with E-state index in [1.807, 2.05) is 0 Å². The second-order valence-corrected chi connectivity index (χ2v) is 1.13. The summed E-state index contributed by atoms with van der Waals surface area (Å²) in [5, 5.41) is 55.8.